The fourth-order valence-corrected chi connectivity index (χ4v) is 17.8. The van der Waals surface area contributed by atoms with Crippen molar-refractivity contribution in [1.82, 2.24) is 0 Å². The molecule has 0 fully saturated rings. The van der Waals surface area contributed by atoms with Gasteiger partial charge in [0.2, 0.25) is 0 Å². The molecule has 0 saturated carbocycles. The first-order valence-electron chi connectivity index (χ1n) is 11.4. The van der Waals surface area contributed by atoms with Crippen LogP contribution < -0.4 is 5.73 Å². The lowest BCUT2D eigenvalue weighted by molar-refractivity contribution is -0.139. The normalized spacial score (nSPS) is 12.4. The predicted octanol–water partition coefficient (Wildman–Crippen LogP) is 4.87. The predicted molar refractivity (Wildman–Crippen MR) is 138 cm³/mol. The summed E-state index contributed by atoms with van der Waals surface area (Å²) in [4.78, 5) is 23.1. The Balaban J connectivity index is 4.87. The maximum Gasteiger partial charge on any atom is 0.333 e. The van der Waals surface area contributed by atoms with Crippen LogP contribution in [0.1, 0.15) is 33.1 Å². The van der Waals surface area contributed by atoms with Crippen molar-refractivity contribution in [2.24, 2.45) is 5.73 Å². The van der Waals surface area contributed by atoms with Gasteiger partial charge in [-0.1, -0.05) is 13.2 Å². The molecule has 0 aromatic rings. The maximum atomic E-state index is 11.6. The van der Waals surface area contributed by atoms with Gasteiger partial charge in [-0.05, 0) is 90.5 Å². The number of nitrogens with two attached hydrogens (primary N) is 1. The summed E-state index contributed by atoms with van der Waals surface area (Å²) in [6.45, 7) is 22.7. The van der Waals surface area contributed by atoms with Gasteiger partial charge in [-0.25, -0.2) is 9.59 Å². The van der Waals surface area contributed by atoms with E-state index in [9.17, 15) is 9.59 Å². The zero-order valence-corrected chi connectivity index (χ0v) is 24.3. The molecule has 186 valence electrons. The molecule has 10 heteroatoms. The zero-order chi connectivity index (χ0) is 25.0. The van der Waals surface area contributed by atoms with Crippen molar-refractivity contribution in [2.45, 2.75) is 84.0 Å². The molecule has 0 aromatic carbocycles. The van der Waals surface area contributed by atoms with Crippen molar-refractivity contribution in [3.63, 3.8) is 0 Å². The minimum absolute atomic E-state index is 0.349. The maximum absolute atomic E-state index is 11.6. The number of hydrogen-bond donors (Lipinski definition) is 1. The van der Waals surface area contributed by atoms with Gasteiger partial charge in [0.25, 0.3) is 0 Å². The van der Waals surface area contributed by atoms with E-state index in [2.05, 4.69) is 45.9 Å². The summed E-state index contributed by atoms with van der Waals surface area (Å²) >= 11 is 0. The fourth-order valence-electron chi connectivity index (χ4n) is 3.39. The topological polar surface area (TPSA) is 97.1 Å². The molecular weight excluding hydrogens is 459 g/mol. The van der Waals surface area contributed by atoms with E-state index in [1.165, 1.54) is 0 Å². The van der Waals surface area contributed by atoms with Gasteiger partial charge in [0.05, 0.1) is 13.2 Å². The van der Waals surface area contributed by atoms with Gasteiger partial charge in [0.15, 0.2) is 16.6 Å². The van der Waals surface area contributed by atoms with Crippen molar-refractivity contribution < 1.29 is 27.3 Å². The van der Waals surface area contributed by atoms with Crippen LogP contribution in [0.3, 0.4) is 0 Å². The minimum atomic E-state index is -2.44. The molecule has 0 aliphatic heterocycles. The highest BCUT2D eigenvalue weighted by atomic mass is 28.5. The first-order valence-corrected chi connectivity index (χ1v) is 20.1. The van der Waals surface area contributed by atoms with Crippen molar-refractivity contribution >= 4 is 37.1 Å². The average molecular weight is 504 g/mol. The molecule has 0 bridgehead atoms. The Morgan fingerprint density at radius 2 is 1.09 bits per heavy atom. The number of rotatable bonds is 17. The monoisotopic (exact) mass is 503 g/mol. The van der Waals surface area contributed by atoms with Crippen molar-refractivity contribution in [2.75, 3.05) is 19.8 Å². The van der Waals surface area contributed by atoms with E-state index in [0.717, 1.165) is 37.4 Å². The summed E-state index contributed by atoms with van der Waals surface area (Å²) in [5, 5.41) is 0. The van der Waals surface area contributed by atoms with Crippen molar-refractivity contribution in [3.05, 3.63) is 24.3 Å². The van der Waals surface area contributed by atoms with Gasteiger partial charge in [0, 0.05) is 11.1 Å². The van der Waals surface area contributed by atoms with Crippen LogP contribution in [-0.2, 0) is 27.3 Å². The molecule has 0 atom stereocenters. The van der Waals surface area contributed by atoms with Crippen molar-refractivity contribution in [1.29, 1.82) is 0 Å². The molecule has 0 rings (SSSR count). The summed E-state index contributed by atoms with van der Waals surface area (Å²) < 4.78 is 24.0. The van der Waals surface area contributed by atoms with E-state index in [1.54, 1.807) is 13.8 Å². The van der Waals surface area contributed by atoms with Gasteiger partial charge in [-0.15, -0.1) is 0 Å². The van der Waals surface area contributed by atoms with E-state index in [0.29, 0.717) is 30.9 Å². The Hall–Kier alpha value is -1.05. The molecule has 0 aromatic heterocycles. The zero-order valence-electron chi connectivity index (χ0n) is 21.3. The van der Waals surface area contributed by atoms with Crippen LogP contribution in [0.15, 0.2) is 24.3 Å². The first-order chi connectivity index (χ1) is 14.6. The quantitative estimate of drug-likeness (QED) is 0.131. The van der Waals surface area contributed by atoms with Gasteiger partial charge >= 0.3 is 20.5 Å². The smallest absolute Gasteiger partial charge is 0.333 e. The van der Waals surface area contributed by atoms with Crippen molar-refractivity contribution in [3.8, 4) is 0 Å². The molecule has 0 radical (unpaired) electrons. The second kappa shape index (κ2) is 14.3. The summed E-state index contributed by atoms with van der Waals surface area (Å²) in [5.41, 5.74) is 6.61. The molecule has 0 aliphatic carbocycles. The molecule has 2 N–H and O–H groups in total. The number of hydrogen-bond acceptors (Lipinski definition) is 7. The largest absolute Gasteiger partial charge is 0.462 e. The first kappa shape index (κ1) is 31.0. The van der Waals surface area contributed by atoms with E-state index in [4.69, 9.17) is 23.4 Å². The van der Waals surface area contributed by atoms with Crippen LogP contribution in [0.25, 0.3) is 0 Å². The SMILES string of the molecule is C=C(C)C(=O)OCCC[Si](C)(C)O[Si](C)(CCCN)O[Si](C)(C)CCCOC(=O)C(=C)C. The highest BCUT2D eigenvalue weighted by Crippen LogP contribution is 2.29. The minimum Gasteiger partial charge on any atom is -0.462 e. The van der Waals surface area contributed by atoms with E-state index < -0.39 is 25.2 Å². The summed E-state index contributed by atoms with van der Waals surface area (Å²) in [7, 11) is -6.50. The van der Waals surface area contributed by atoms with Gasteiger partial charge in [0.1, 0.15) is 0 Å². The van der Waals surface area contributed by atoms with Crippen LogP contribution in [0.5, 0.6) is 0 Å². The average Bonchev–Trinajstić information content (AvgIpc) is 2.65. The molecule has 32 heavy (non-hydrogen) atoms. The van der Waals surface area contributed by atoms with Crippen LogP contribution in [0, 0.1) is 0 Å². The van der Waals surface area contributed by atoms with Gasteiger partial charge in [-0.2, -0.15) is 0 Å². The molecular formula is C22H45NO6Si3. The second-order valence-electron chi connectivity index (χ2n) is 9.79. The Labute approximate surface area is 198 Å². The van der Waals surface area contributed by atoms with E-state index >= 15 is 0 Å². The Kier molecular flexibility index (Phi) is 13.8. The summed E-state index contributed by atoms with van der Waals surface area (Å²) in [5.74, 6) is -0.699. The Bertz CT molecular complexity index is 604. The van der Waals surface area contributed by atoms with Crippen LogP contribution in [0.2, 0.25) is 50.9 Å². The lowest BCUT2D eigenvalue weighted by Crippen LogP contribution is -2.54. The Morgan fingerprint density at radius 1 is 0.719 bits per heavy atom. The number of esters is 2. The number of carbonyl (C=O) groups excluding carboxylic acids is 2. The second-order valence-corrected chi connectivity index (χ2v) is 22.2. The molecule has 0 heterocycles. The standard InChI is InChI=1S/C22H45NO6Si3/c1-19(2)21(24)26-14-11-16-30(5,6)28-32(9,18-10-13-23)29-31(7,8)17-12-15-27-22(25)20(3)4/h1,3,10-18,23H2,2,4-9H3. The molecule has 0 saturated heterocycles. The Morgan fingerprint density at radius 3 is 1.41 bits per heavy atom. The highest BCUT2D eigenvalue weighted by Gasteiger charge is 2.42. The van der Waals surface area contributed by atoms with E-state index in [1.807, 2.05) is 0 Å². The highest BCUT2D eigenvalue weighted by molar-refractivity contribution is 6.88. The molecule has 0 unspecified atom stereocenters. The molecule has 0 spiro atoms. The van der Waals surface area contributed by atoms with Gasteiger partial charge < -0.3 is 23.4 Å². The summed E-state index contributed by atoms with van der Waals surface area (Å²) in [6.07, 6.45) is 2.38. The fraction of sp³-hybridized carbons (Fsp3) is 0.727. The third-order valence-electron chi connectivity index (χ3n) is 4.83. The molecule has 0 amide bonds. The summed E-state index contributed by atoms with van der Waals surface area (Å²) in [6, 6.07) is 2.61. The third kappa shape index (κ3) is 14.2. The lowest BCUT2D eigenvalue weighted by Gasteiger charge is -2.41. The molecule has 7 nitrogen and oxygen atoms in total. The number of carbonyl (C=O) groups is 2. The van der Waals surface area contributed by atoms with Crippen LogP contribution >= 0.6 is 0 Å². The van der Waals surface area contributed by atoms with Crippen LogP contribution in [0.4, 0.5) is 0 Å². The van der Waals surface area contributed by atoms with Crippen LogP contribution in [-0.4, -0.2) is 56.9 Å². The number of ether oxygens (including phenoxy) is 2. The third-order valence-corrected chi connectivity index (χ3v) is 17.1. The van der Waals surface area contributed by atoms with E-state index in [-0.39, 0.29) is 11.9 Å². The lowest BCUT2D eigenvalue weighted by atomic mass is 10.4. The van der Waals surface area contributed by atoms with Gasteiger partial charge in [-0.3, -0.25) is 0 Å². The molecule has 0 aliphatic rings.